The molecule has 0 unspecified atom stereocenters. The first-order valence-corrected chi connectivity index (χ1v) is 14.6. The van der Waals surface area contributed by atoms with Crippen LogP contribution in [0, 0.1) is 5.92 Å². The summed E-state index contributed by atoms with van der Waals surface area (Å²) in [4.78, 5) is 41.1. The third-order valence-electron chi connectivity index (χ3n) is 7.56. The summed E-state index contributed by atoms with van der Waals surface area (Å²) in [6.07, 6.45) is 3.73. The fraction of sp³-hybridized carbons (Fsp3) is 0.531. The van der Waals surface area contributed by atoms with E-state index in [4.69, 9.17) is 14.2 Å². The Hall–Kier alpha value is -3.75. The summed E-state index contributed by atoms with van der Waals surface area (Å²) in [5, 5.41) is 5.90. The van der Waals surface area contributed by atoms with Crippen molar-refractivity contribution in [2.24, 2.45) is 5.92 Å². The van der Waals surface area contributed by atoms with Crippen molar-refractivity contribution < 1.29 is 28.6 Å². The number of rotatable bonds is 7. The molecule has 1 saturated heterocycles. The van der Waals surface area contributed by atoms with Crippen LogP contribution in [0.2, 0.25) is 0 Å². The van der Waals surface area contributed by atoms with Gasteiger partial charge in [0.05, 0.1) is 0 Å². The fourth-order valence-corrected chi connectivity index (χ4v) is 5.71. The van der Waals surface area contributed by atoms with Crippen molar-refractivity contribution in [1.29, 1.82) is 0 Å². The lowest BCUT2D eigenvalue weighted by Gasteiger charge is -2.48. The first-order valence-electron chi connectivity index (χ1n) is 14.6. The number of hydrogen-bond acceptors (Lipinski definition) is 6. The molecule has 222 valence electrons. The van der Waals surface area contributed by atoms with Crippen molar-refractivity contribution in [2.75, 3.05) is 0 Å². The largest absolute Gasteiger partial charge is 0.445 e. The average molecular weight is 566 g/mol. The predicted octanol–water partition coefficient (Wildman–Crippen LogP) is 6.51. The molecule has 4 rings (SSSR count). The molecular formula is C32H43N3O6. The first kappa shape index (κ1) is 30.2. The number of benzene rings is 2. The van der Waals surface area contributed by atoms with Crippen LogP contribution in [0.1, 0.15) is 76.8 Å². The predicted molar refractivity (Wildman–Crippen MR) is 155 cm³/mol. The van der Waals surface area contributed by atoms with E-state index in [0.29, 0.717) is 12.8 Å². The molecule has 0 spiro atoms. The van der Waals surface area contributed by atoms with E-state index in [-0.39, 0.29) is 31.2 Å². The Bertz CT molecular complexity index is 1130. The number of carbonyl (C=O) groups excluding carboxylic acids is 3. The zero-order valence-electron chi connectivity index (χ0n) is 24.3. The number of nitrogens with zero attached hydrogens (tertiary/aromatic N) is 1. The maximum atomic E-state index is 13.6. The smallest absolute Gasteiger partial charge is 0.412 e. The number of hydrogen-bond donors (Lipinski definition) is 2. The molecule has 2 N–H and O–H groups in total. The molecule has 3 amide bonds. The Balaban J connectivity index is 1.50. The summed E-state index contributed by atoms with van der Waals surface area (Å²) < 4.78 is 16.8. The topological polar surface area (TPSA) is 106 Å². The third kappa shape index (κ3) is 9.40. The quantitative estimate of drug-likeness (QED) is 0.371. The maximum absolute atomic E-state index is 13.6. The van der Waals surface area contributed by atoms with E-state index in [1.54, 1.807) is 4.90 Å². The van der Waals surface area contributed by atoms with Gasteiger partial charge in [0, 0.05) is 18.5 Å². The van der Waals surface area contributed by atoms with Gasteiger partial charge in [-0.15, -0.1) is 0 Å². The molecule has 1 saturated carbocycles. The van der Waals surface area contributed by atoms with Gasteiger partial charge in [-0.1, -0.05) is 79.9 Å². The van der Waals surface area contributed by atoms with Gasteiger partial charge in [0.25, 0.3) is 0 Å². The maximum Gasteiger partial charge on any atom is 0.412 e. The van der Waals surface area contributed by atoms with Crippen LogP contribution in [0.3, 0.4) is 0 Å². The number of carbonyl (C=O) groups is 3. The van der Waals surface area contributed by atoms with Crippen LogP contribution in [0.25, 0.3) is 0 Å². The van der Waals surface area contributed by atoms with Crippen molar-refractivity contribution >= 4 is 18.3 Å². The zero-order valence-corrected chi connectivity index (χ0v) is 24.3. The van der Waals surface area contributed by atoms with Gasteiger partial charge < -0.3 is 24.8 Å². The normalized spacial score (nSPS) is 21.4. The van der Waals surface area contributed by atoms with Crippen LogP contribution in [0.4, 0.5) is 14.4 Å². The van der Waals surface area contributed by atoms with Crippen LogP contribution in [-0.4, -0.2) is 47.0 Å². The molecule has 2 aliphatic rings. The molecule has 2 aromatic rings. The molecule has 2 aromatic carbocycles. The number of amides is 3. The van der Waals surface area contributed by atoms with E-state index in [0.717, 1.165) is 43.2 Å². The monoisotopic (exact) mass is 565 g/mol. The highest BCUT2D eigenvalue weighted by molar-refractivity contribution is 5.72. The van der Waals surface area contributed by atoms with Crippen molar-refractivity contribution in [3.63, 3.8) is 0 Å². The Kier molecular flexibility index (Phi) is 10.5. The van der Waals surface area contributed by atoms with Crippen molar-refractivity contribution in [2.45, 2.75) is 103 Å². The van der Waals surface area contributed by atoms with E-state index in [1.807, 2.05) is 81.4 Å². The number of ether oxygens (including phenoxy) is 3. The van der Waals surface area contributed by atoms with E-state index in [9.17, 15) is 14.4 Å². The molecular weight excluding hydrogens is 522 g/mol. The van der Waals surface area contributed by atoms with E-state index < -0.39 is 30.0 Å². The first-order chi connectivity index (χ1) is 19.7. The van der Waals surface area contributed by atoms with Gasteiger partial charge in [-0.05, 0) is 57.1 Å². The fourth-order valence-electron chi connectivity index (χ4n) is 5.71. The van der Waals surface area contributed by atoms with Gasteiger partial charge in [-0.25, -0.2) is 14.4 Å². The Morgan fingerprint density at radius 2 is 1.32 bits per heavy atom. The Morgan fingerprint density at radius 1 is 0.780 bits per heavy atom. The molecule has 9 nitrogen and oxygen atoms in total. The molecule has 1 aliphatic heterocycles. The summed E-state index contributed by atoms with van der Waals surface area (Å²) in [7, 11) is 0. The molecule has 1 heterocycles. The number of nitrogens with one attached hydrogen (secondary N) is 2. The van der Waals surface area contributed by atoms with Crippen molar-refractivity contribution in [3.8, 4) is 0 Å². The second-order valence-electron chi connectivity index (χ2n) is 11.9. The molecule has 0 bridgehead atoms. The second kappa shape index (κ2) is 14.2. The van der Waals surface area contributed by atoms with Gasteiger partial charge in [0.1, 0.15) is 25.0 Å². The lowest BCUT2D eigenvalue weighted by Crippen LogP contribution is -2.64. The van der Waals surface area contributed by atoms with Gasteiger partial charge in [-0.2, -0.15) is 0 Å². The van der Waals surface area contributed by atoms with Crippen LogP contribution in [0.15, 0.2) is 60.7 Å². The van der Waals surface area contributed by atoms with Gasteiger partial charge in [-0.3, -0.25) is 4.90 Å². The average Bonchev–Trinajstić information content (AvgIpc) is 2.95. The molecule has 1 aliphatic carbocycles. The molecule has 3 atom stereocenters. The minimum Gasteiger partial charge on any atom is -0.445 e. The lowest BCUT2D eigenvalue weighted by molar-refractivity contribution is -0.0307. The Labute approximate surface area is 242 Å². The summed E-state index contributed by atoms with van der Waals surface area (Å²) in [5.41, 5.74) is 1.04. The molecule has 2 fully saturated rings. The lowest BCUT2D eigenvalue weighted by atomic mass is 9.78. The van der Waals surface area contributed by atoms with Gasteiger partial charge in [0.15, 0.2) is 0 Å². The third-order valence-corrected chi connectivity index (χ3v) is 7.56. The van der Waals surface area contributed by atoms with E-state index >= 15 is 0 Å². The molecule has 41 heavy (non-hydrogen) atoms. The standard InChI is InChI=1S/C32H43N3O6/c1-32(2,3)41-31(38)35-27(25-17-11-6-12-18-25)19-26(33-29(36)39-21-23-13-7-4-8-14-23)20-28(35)34-30(37)40-22-24-15-9-5-10-16-24/h4-5,7-10,13-16,25-28H,6,11-12,17-22H2,1-3H3,(H,33,36)(H,34,37)/t26-,27+,28-/m1/s1. The highest BCUT2D eigenvalue weighted by Gasteiger charge is 2.45. The van der Waals surface area contributed by atoms with Gasteiger partial charge in [0.2, 0.25) is 0 Å². The summed E-state index contributed by atoms with van der Waals surface area (Å²) in [5.74, 6) is 0.228. The summed E-state index contributed by atoms with van der Waals surface area (Å²) >= 11 is 0. The van der Waals surface area contributed by atoms with Crippen LogP contribution in [-0.2, 0) is 27.4 Å². The van der Waals surface area contributed by atoms with Crippen LogP contribution >= 0.6 is 0 Å². The minimum atomic E-state index is -0.728. The van der Waals surface area contributed by atoms with Crippen LogP contribution < -0.4 is 10.6 Å². The Morgan fingerprint density at radius 3 is 1.85 bits per heavy atom. The summed E-state index contributed by atoms with van der Waals surface area (Å²) in [6, 6.07) is 18.4. The second-order valence-corrected chi connectivity index (χ2v) is 11.9. The number of alkyl carbamates (subject to hydrolysis) is 2. The summed E-state index contributed by atoms with van der Waals surface area (Å²) in [6.45, 7) is 5.74. The SMILES string of the molecule is CC(C)(C)OC(=O)N1[C@@H](NC(=O)OCc2ccccc2)C[C@H](NC(=O)OCc2ccccc2)C[C@H]1C1CCCCC1. The highest BCUT2D eigenvalue weighted by atomic mass is 16.6. The van der Waals surface area contributed by atoms with E-state index in [1.165, 1.54) is 0 Å². The molecule has 0 aromatic heterocycles. The molecule has 9 heteroatoms. The van der Waals surface area contributed by atoms with Crippen molar-refractivity contribution in [1.82, 2.24) is 15.5 Å². The van der Waals surface area contributed by atoms with E-state index in [2.05, 4.69) is 10.6 Å². The minimum absolute atomic E-state index is 0.103. The number of likely N-dealkylation sites (tertiary alicyclic amines) is 1. The highest BCUT2D eigenvalue weighted by Crippen LogP contribution is 2.36. The zero-order chi connectivity index (χ0) is 29.2. The molecule has 0 radical (unpaired) electrons. The number of piperidine rings is 1. The van der Waals surface area contributed by atoms with Crippen molar-refractivity contribution in [3.05, 3.63) is 71.8 Å². The van der Waals surface area contributed by atoms with Gasteiger partial charge >= 0.3 is 18.3 Å². The van der Waals surface area contributed by atoms with Crippen LogP contribution in [0.5, 0.6) is 0 Å².